The zero-order valence-electron chi connectivity index (χ0n) is 16.6. The van der Waals surface area contributed by atoms with Crippen molar-refractivity contribution in [2.75, 3.05) is 32.7 Å². The Morgan fingerprint density at radius 1 is 0.931 bits per heavy atom. The summed E-state index contributed by atoms with van der Waals surface area (Å²) in [5, 5.41) is 10.5. The number of piperazine rings is 1. The molecule has 1 aliphatic rings. The van der Waals surface area contributed by atoms with Gasteiger partial charge >= 0.3 is 0 Å². The summed E-state index contributed by atoms with van der Waals surface area (Å²) in [6, 6.07) is 16.4. The summed E-state index contributed by atoms with van der Waals surface area (Å²) < 4.78 is 0.915. The van der Waals surface area contributed by atoms with Gasteiger partial charge in [0.1, 0.15) is 9.57 Å². The van der Waals surface area contributed by atoms with Gasteiger partial charge in [0.2, 0.25) is 0 Å². The number of nitrogens with zero attached hydrogens (tertiary/aromatic N) is 2. The van der Waals surface area contributed by atoms with Crippen LogP contribution in [0.1, 0.15) is 18.9 Å². The minimum Gasteiger partial charge on any atom is -0.508 e. The highest BCUT2D eigenvalue weighted by molar-refractivity contribution is 7.80. The van der Waals surface area contributed by atoms with Crippen molar-refractivity contribution in [3.8, 4) is 27.3 Å². The van der Waals surface area contributed by atoms with E-state index in [0.717, 1.165) is 53.2 Å². The predicted octanol–water partition coefficient (Wildman–Crippen LogP) is 6.11. The quantitative estimate of drug-likeness (QED) is 0.368. The lowest BCUT2D eigenvalue weighted by molar-refractivity contribution is 0.126. The van der Waals surface area contributed by atoms with Crippen molar-refractivity contribution >= 4 is 32.9 Å². The molecule has 0 bridgehead atoms. The zero-order valence-corrected chi connectivity index (χ0v) is 19.1. The zero-order chi connectivity index (χ0) is 20.2. The molecule has 0 radical (unpaired) electrons. The van der Waals surface area contributed by atoms with Crippen LogP contribution in [0.2, 0.25) is 0 Å². The molecule has 3 aromatic rings. The molecule has 0 spiro atoms. The van der Waals surface area contributed by atoms with Crippen molar-refractivity contribution in [1.29, 1.82) is 0 Å². The van der Waals surface area contributed by atoms with Gasteiger partial charge in [0, 0.05) is 43.9 Å². The van der Waals surface area contributed by atoms with Crippen molar-refractivity contribution in [2.45, 2.75) is 19.9 Å². The molecule has 0 unspecified atom stereocenters. The highest BCUT2D eigenvalue weighted by atomic mass is 32.9. The molecule has 0 aliphatic carbocycles. The Bertz CT molecular complexity index is 1000. The van der Waals surface area contributed by atoms with Crippen LogP contribution in [0.5, 0.6) is 5.75 Å². The van der Waals surface area contributed by atoms with Crippen LogP contribution in [0.4, 0.5) is 0 Å². The van der Waals surface area contributed by atoms with Crippen LogP contribution in [-0.2, 0) is 6.54 Å². The monoisotopic (exact) mass is 442 g/mol. The number of rotatable bonds is 6. The summed E-state index contributed by atoms with van der Waals surface area (Å²) in [5.41, 5.74) is 4.40. The number of hydrogen-bond acceptors (Lipinski definition) is 6. The van der Waals surface area contributed by atoms with Gasteiger partial charge < -0.3 is 10.0 Å². The fourth-order valence-corrected chi connectivity index (χ4v) is 6.80. The SMILES string of the molecule is CCCN1CCN(Cc2cc(-c3c(-c4ccccc4)ssc3=S)ccc2O)CC1. The van der Waals surface area contributed by atoms with Crippen LogP contribution in [-0.4, -0.2) is 47.6 Å². The fourth-order valence-electron chi connectivity index (χ4n) is 3.88. The molecule has 2 heterocycles. The predicted molar refractivity (Wildman–Crippen MR) is 128 cm³/mol. The van der Waals surface area contributed by atoms with E-state index in [9.17, 15) is 5.11 Å². The van der Waals surface area contributed by atoms with E-state index in [1.807, 2.05) is 18.2 Å². The maximum Gasteiger partial charge on any atom is 0.120 e. The van der Waals surface area contributed by atoms with Crippen LogP contribution in [0.3, 0.4) is 0 Å². The van der Waals surface area contributed by atoms with Crippen LogP contribution in [0, 0.1) is 3.82 Å². The number of phenolic OH excluding ortho intramolecular Hbond substituents is 1. The highest BCUT2D eigenvalue weighted by Gasteiger charge is 2.19. The van der Waals surface area contributed by atoms with E-state index in [4.69, 9.17) is 12.2 Å². The van der Waals surface area contributed by atoms with E-state index < -0.39 is 0 Å². The smallest absolute Gasteiger partial charge is 0.120 e. The first-order chi connectivity index (χ1) is 14.2. The lowest BCUT2D eigenvalue weighted by atomic mass is 10.0. The summed E-state index contributed by atoms with van der Waals surface area (Å²) in [4.78, 5) is 6.17. The Balaban J connectivity index is 1.59. The third-order valence-electron chi connectivity index (χ3n) is 5.43. The summed E-state index contributed by atoms with van der Waals surface area (Å²) in [6.45, 7) is 8.50. The average molecular weight is 443 g/mol. The molecule has 1 aromatic heterocycles. The molecule has 6 heteroatoms. The molecule has 1 fully saturated rings. The van der Waals surface area contributed by atoms with Gasteiger partial charge in [0.25, 0.3) is 0 Å². The molecule has 29 heavy (non-hydrogen) atoms. The minimum atomic E-state index is 0.371. The lowest BCUT2D eigenvalue weighted by Crippen LogP contribution is -2.45. The highest BCUT2D eigenvalue weighted by Crippen LogP contribution is 2.42. The number of benzene rings is 2. The lowest BCUT2D eigenvalue weighted by Gasteiger charge is -2.34. The normalized spacial score (nSPS) is 15.6. The molecular weight excluding hydrogens is 416 g/mol. The first-order valence-corrected chi connectivity index (χ1v) is 12.7. The molecule has 0 atom stereocenters. The van der Waals surface area contributed by atoms with E-state index in [0.29, 0.717) is 5.75 Å². The second-order valence-electron chi connectivity index (χ2n) is 7.49. The summed E-state index contributed by atoms with van der Waals surface area (Å²) >= 11 is 5.68. The molecule has 2 aromatic carbocycles. The van der Waals surface area contributed by atoms with Crippen molar-refractivity contribution in [3.63, 3.8) is 0 Å². The standard InChI is InChI=1S/C23H26N2OS3/c1-2-10-24-11-13-25(14-12-24)16-19-15-18(8-9-20(19)26)21-22(28-29-23(21)27)17-6-4-3-5-7-17/h3-9,15,26H,2,10-14,16H2,1H3. The molecule has 1 saturated heterocycles. The second-order valence-corrected chi connectivity index (χ2v) is 10.3. The average Bonchev–Trinajstić information content (AvgIpc) is 3.13. The van der Waals surface area contributed by atoms with Crippen molar-refractivity contribution < 1.29 is 5.11 Å². The Morgan fingerprint density at radius 2 is 1.66 bits per heavy atom. The van der Waals surface area contributed by atoms with Gasteiger partial charge in [-0.2, -0.15) is 0 Å². The Morgan fingerprint density at radius 3 is 2.38 bits per heavy atom. The van der Waals surface area contributed by atoms with E-state index >= 15 is 0 Å². The maximum atomic E-state index is 10.5. The number of aromatic hydroxyl groups is 1. The van der Waals surface area contributed by atoms with Crippen LogP contribution < -0.4 is 0 Å². The maximum absolute atomic E-state index is 10.5. The molecule has 0 amide bonds. The minimum absolute atomic E-state index is 0.371. The molecule has 1 N–H and O–H groups in total. The van der Waals surface area contributed by atoms with Gasteiger partial charge in [0.05, 0.1) is 4.88 Å². The Kier molecular flexibility index (Phi) is 6.77. The molecule has 3 nitrogen and oxygen atoms in total. The van der Waals surface area contributed by atoms with Crippen LogP contribution in [0.15, 0.2) is 48.5 Å². The van der Waals surface area contributed by atoms with E-state index in [2.05, 4.69) is 47.1 Å². The molecule has 1 aliphatic heterocycles. The first-order valence-electron chi connectivity index (χ1n) is 10.1. The van der Waals surface area contributed by atoms with Gasteiger partial charge in [-0.25, -0.2) is 0 Å². The molecular formula is C23H26N2OS3. The summed E-state index contributed by atoms with van der Waals surface area (Å²) in [6.07, 6.45) is 1.21. The molecule has 152 valence electrons. The van der Waals surface area contributed by atoms with Crippen molar-refractivity contribution in [3.05, 3.63) is 57.9 Å². The largest absolute Gasteiger partial charge is 0.508 e. The van der Waals surface area contributed by atoms with E-state index in [-0.39, 0.29) is 0 Å². The third kappa shape index (κ3) is 4.78. The number of phenols is 1. The summed E-state index contributed by atoms with van der Waals surface area (Å²) in [5.74, 6) is 0.371. The molecule has 4 rings (SSSR count). The Labute approximate surface area is 185 Å². The first kappa shape index (κ1) is 20.7. The van der Waals surface area contributed by atoms with Gasteiger partial charge in [0.15, 0.2) is 0 Å². The van der Waals surface area contributed by atoms with Crippen molar-refractivity contribution in [2.24, 2.45) is 0 Å². The van der Waals surface area contributed by atoms with Crippen LogP contribution in [0.25, 0.3) is 21.6 Å². The summed E-state index contributed by atoms with van der Waals surface area (Å²) in [7, 11) is 3.38. The van der Waals surface area contributed by atoms with Gasteiger partial charge in [-0.05, 0) is 36.2 Å². The molecule has 0 saturated carbocycles. The number of hydrogen-bond donors (Lipinski definition) is 1. The van der Waals surface area contributed by atoms with Gasteiger partial charge in [-0.3, -0.25) is 4.90 Å². The third-order valence-corrected chi connectivity index (χ3v) is 8.50. The topological polar surface area (TPSA) is 26.7 Å². The van der Waals surface area contributed by atoms with Gasteiger partial charge in [-0.15, -0.1) is 0 Å². The van der Waals surface area contributed by atoms with Crippen molar-refractivity contribution in [1.82, 2.24) is 9.80 Å². The Hall–Kier alpha value is -1.57. The fraction of sp³-hybridized carbons (Fsp3) is 0.348. The van der Waals surface area contributed by atoms with E-state index in [1.165, 1.54) is 23.4 Å². The van der Waals surface area contributed by atoms with Gasteiger partial charge in [-0.1, -0.05) is 76.2 Å². The van der Waals surface area contributed by atoms with E-state index in [1.54, 1.807) is 20.7 Å². The second kappa shape index (κ2) is 9.49. The van der Waals surface area contributed by atoms with Crippen LogP contribution >= 0.6 is 32.9 Å².